The summed E-state index contributed by atoms with van der Waals surface area (Å²) in [5.41, 5.74) is 4.94. The van der Waals surface area contributed by atoms with E-state index in [1.54, 1.807) is 0 Å². The van der Waals surface area contributed by atoms with Crippen LogP contribution in [0, 0.1) is 5.82 Å². The zero-order valence-electron chi connectivity index (χ0n) is 11.6. The SMILES string of the molecule is Fc1ccc(-n2c3c(c4cc(Cl)ccc42)CCCC3)cc1. The van der Waals surface area contributed by atoms with E-state index < -0.39 is 0 Å². The number of benzene rings is 2. The Morgan fingerprint density at radius 3 is 2.52 bits per heavy atom. The van der Waals surface area contributed by atoms with Crippen LogP contribution in [0.1, 0.15) is 24.1 Å². The molecule has 0 N–H and O–H groups in total. The zero-order chi connectivity index (χ0) is 14.4. The fourth-order valence-electron chi connectivity index (χ4n) is 3.40. The van der Waals surface area contributed by atoms with Crippen LogP contribution in [0.2, 0.25) is 5.02 Å². The Balaban J connectivity index is 2.05. The van der Waals surface area contributed by atoms with E-state index in [1.807, 2.05) is 18.2 Å². The van der Waals surface area contributed by atoms with Crippen LogP contribution in [-0.2, 0) is 12.8 Å². The fourth-order valence-corrected chi connectivity index (χ4v) is 3.57. The number of rotatable bonds is 1. The monoisotopic (exact) mass is 299 g/mol. The maximum absolute atomic E-state index is 13.2. The standard InChI is InChI=1S/C18H15ClFN/c19-12-5-10-18-16(11-12)15-3-1-2-4-17(15)21(18)14-8-6-13(20)7-9-14/h5-11H,1-4H2. The predicted molar refractivity (Wildman–Crippen MR) is 84.9 cm³/mol. The second-order valence-corrected chi connectivity index (χ2v) is 6.04. The van der Waals surface area contributed by atoms with Gasteiger partial charge in [-0.05, 0) is 73.7 Å². The molecule has 0 bridgehead atoms. The Morgan fingerprint density at radius 2 is 1.71 bits per heavy atom. The van der Waals surface area contributed by atoms with Gasteiger partial charge < -0.3 is 4.57 Å². The maximum atomic E-state index is 13.2. The van der Waals surface area contributed by atoms with E-state index >= 15 is 0 Å². The molecule has 1 aliphatic rings. The first-order valence-electron chi connectivity index (χ1n) is 7.32. The van der Waals surface area contributed by atoms with Crippen molar-refractivity contribution >= 4 is 22.5 Å². The zero-order valence-corrected chi connectivity index (χ0v) is 12.3. The van der Waals surface area contributed by atoms with Gasteiger partial charge in [-0.25, -0.2) is 4.39 Å². The summed E-state index contributed by atoms with van der Waals surface area (Å²) < 4.78 is 15.5. The fraction of sp³-hybridized carbons (Fsp3) is 0.222. The maximum Gasteiger partial charge on any atom is 0.123 e. The van der Waals surface area contributed by atoms with Gasteiger partial charge in [-0.2, -0.15) is 0 Å². The van der Waals surface area contributed by atoms with Gasteiger partial charge in [-0.3, -0.25) is 0 Å². The van der Waals surface area contributed by atoms with Crippen LogP contribution in [0.5, 0.6) is 0 Å². The minimum atomic E-state index is -0.202. The third kappa shape index (κ3) is 2.06. The van der Waals surface area contributed by atoms with Crippen molar-refractivity contribution in [1.82, 2.24) is 4.57 Å². The molecular formula is C18H15ClFN. The average molecular weight is 300 g/mol. The first-order valence-corrected chi connectivity index (χ1v) is 7.69. The van der Waals surface area contributed by atoms with Crippen molar-refractivity contribution in [3.05, 3.63) is 64.6 Å². The topological polar surface area (TPSA) is 4.93 Å². The van der Waals surface area contributed by atoms with Crippen molar-refractivity contribution in [3.63, 3.8) is 0 Å². The van der Waals surface area contributed by atoms with E-state index in [9.17, 15) is 4.39 Å². The van der Waals surface area contributed by atoms with Crippen LogP contribution in [-0.4, -0.2) is 4.57 Å². The van der Waals surface area contributed by atoms with E-state index in [0.29, 0.717) is 0 Å². The summed E-state index contributed by atoms with van der Waals surface area (Å²) in [7, 11) is 0. The molecule has 0 atom stereocenters. The van der Waals surface area contributed by atoms with E-state index in [-0.39, 0.29) is 5.82 Å². The van der Waals surface area contributed by atoms with Gasteiger partial charge in [0.1, 0.15) is 5.82 Å². The molecule has 0 radical (unpaired) electrons. The minimum absolute atomic E-state index is 0.202. The lowest BCUT2D eigenvalue weighted by Gasteiger charge is -2.16. The molecule has 0 amide bonds. The summed E-state index contributed by atoms with van der Waals surface area (Å²) in [6, 6.07) is 12.8. The average Bonchev–Trinajstić information content (AvgIpc) is 2.82. The molecule has 0 unspecified atom stereocenters. The number of aromatic nitrogens is 1. The molecular weight excluding hydrogens is 285 g/mol. The molecule has 1 aromatic heterocycles. The van der Waals surface area contributed by atoms with Crippen LogP contribution in [0.25, 0.3) is 16.6 Å². The first kappa shape index (κ1) is 12.9. The van der Waals surface area contributed by atoms with Crippen molar-refractivity contribution in [1.29, 1.82) is 0 Å². The molecule has 2 aromatic carbocycles. The van der Waals surface area contributed by atoms with Crippen molar-refractivity contribution < 1.29 is 4.39 Å². The van der Waals surface area contributed by atoms with Crippen LogP contribution >= 0.6 is 11.6 Å². The van der Waals surface area contributed by atoms with Gasteiger partial charge in [0, 0.05) is 21.8 Å². The van der Waals surface area contributed by atoms with Crippen LogP contribution in [0.15, 0.2) is 42.5 Å². The molecule has 0 saturated heterocycles. The van der Waals surface area contributed by atoms with Crippen molar-refractivity contribution in [2.45, 2.75) is 25.7 Å². The first-order chi connectivity index (χ1) is 10.2. The molecule has 3 aromatic rings. The molecule has 3 heteroatoms. The van der Waals surface area contributed by atoms with Gasteiger partial charge in [0.2, 0.25) is 0 Å². The molecule has 1 nitrogen and oxygen atoms in total. The lowest BCUT2D eigenvalue weighted by Crippen LogP contribution is -2.06. The summed E-state index contributed by atoms with van der Waals surface area (Å²) in [5.74, 6) is -0.202. The predicted octanol–water partition coefficient (Wildman–Crippen LogP) is 5.30. The van der Waals surface area contributed by atoms with Crippen LogP contribution in [0.3, 0.4) is 0 Å². The molecule has 1 heterocycles. The van der Waals surface area contributed by atoms with Crippen LogP contribution in [0.4, 0.5) is 4.39 Å². The van der Waals surface area contributed by atoms with Gasteiger partial charge >= 0.3 is 0 Å². The minimum Gasteiger partial charge on any atom is -0.313 e. The summed E-state index contributed by atoms with van der Waals surface area (Å²) in [5, 5.41) is 2.01. The third-order valence-corrected chi connectivity index (χ3v) is 4.55. The quantitative estimate of drug-likeness (QED) is 0.574. The summed E-state index contributed by atoms with van der Waals surface area (Å²) in [4.78, 5) is 0. The molecule has 0 spiro atoms. The van der Waals surface area contributed by atoms with Gasteiger partial charge in [0.05, 0.1) is 5.52 Å². The Morgan fingerprint density at radius 1 is 0.952 bits per heavy atom. The smallest absolute Gasteiger partial charge is 0.123 e. The highest BCUT2D eigenvalue weighted by Crippen LogP contribution is 2.35. The summed E-state index contributed by atoms with van der Waals surface area (Å²) in [6.07, 6.45) is 4.60. The second kappa shape index (κ2) is 4.88. The lowest BCUT2D eigenvalue weighted by atomic mass is 9.95. The highest BCUT2D eigenvalue weighted by molar-refractivity contribution is 6.31. The number of hydrogen-bond donors (Lipinski definition) is 0. The van der Waals surface area contributed by atoms with E-state index in [1.165, 1.54) is 41.6 Å². The summed E-state index contributed by atoms with van der Waals surface area (Å²) in [6.45, 7) is 0. The van der Waals surface area contributed by atoms with E-state index in [0.717, 1.165) is 29.1 Å². The Labute approximate surface area is 128 Å². The van der Waals surface area contributed by atoms with Gasteiger partial charge in [-0.15, -0.1) is 0 Å². The van der Waals surface area contributed by atoms with Gasteiger partial charge in [0.25, 0.3) is 0 Å². The van der Waals surface area contributed by atoms with Crippen LogP contribution < -0.4 is 0 Å². The second-order valence-electron chi connectivity index (χ2n) is 5.61. The van der Waals surface area contributed by atoms with Crippen molar-refractivity contribution in [2.75, 3.05) is 0 Å². The molecule has 21 heavy (non-hydrogen) atoms. The number of fused-ring (bicyclic) bond motifs is 3. The molecule has 106 valence electrons. The number of hydrogen-bond acceptors (Lipinski definition) is 0. The molecule has 1 aliphatic carbocycles. The van der Waals surface area contributed by atoms with Crippen molar-refractivity contribution in [2.24, 2.45) is 0 Å². The third-order valence-electron chi connectivity index (χ3n) is 4.32. The highest BCUT2D eigenvalue weighted by atomic mass is 35.5. The lowest BCUT2D eigenvalue weighted by molar-refractivity contribution is 0.627. The van der Waals surface area contributed by atoms with E-state index in [4.69, 9.17) is 11.6 Å². The van der Waals surface area contributed by atoms with Gasteiger partial charge in [-0.1, -0.05) is 11.6 Å². The molecule has 0 aliphatic heterocycles. The number of nitrogens with zero attached hydrogens (tertiary/aromatic N) is 1. The molecule has 0 saturated carbocycles. The van der Waals surface area contributed by atoms with E-state index in [2.05, 4.69) is 16.7 Å². The largest absolute Gasteiger partial charge is 0.313 e. The highest BCUT2D eigenvalue weighted by Gasteiger charge is 2.20. The number of aryl methyl sites for hydroxylation is 1. The number of halogens is 2. The normalized spacial score (nSPS) is 14.4. The Bertz CT molecular complexity index is 817. The molecule has 4 rings (SSSR count). The Hall–Kier alpha value is -1.80. The Kier molecular flexibility index (Phi) is 3.00. The summed E-state index contributed by atoms with van der Waals surface area (Å²) >= 11 is 6.18. The van der Waals surface area contributed by atoms with Gasteiger partial charge in [0.15, 0.2) is 0 Å². The van der Waals surface area contributed by atoms with Crippen molar-refractivity contribution in [3.8, 4) is 5.69 Å². The molecule has 0 fully saturated rings.